The van der Waals surface area contributed by atoms with Crippen molar-refractivity contribution in [3.8, 4) is 0 Å². The molecular weight excluding hydrogens is 274 g/mol. The lowest BCUT2D eigenvalue weighted by molar-refractivity contribution is 0.0220. The Morgan fingerprint density at radius 3 is 2.55 bits per heavy atom. The Balaban J connectivity index is 1.91. The van der Waals surface area contributed by atoms with Crippen molar-refractivity contribution in [2.24, 2.45) is 0 Å². The van der Waals surface area contributed by atoms with Gasteiger partial charge in [-0.2, -0.15) is 0 Å². The summed E-state index contributed by atoms with van der Waals surface area (Å²) in [6.45, 7) is 9.54. The second-order valence-electron chi connectivity index (χ2n) is 6.79. The van der Waals surface area contributed by atoms with Crippen LogP contribution in [0.4, 0.5) is 5.69 Å². The van der Waals surface area contributed by atoms with Crippen LogP contribution in [-0.4, -0.2) is 47.0 Å². The molecule has 1 spiro atoms. The Hall–Kier alpha value is -1.55. The number of fused-ring (bicyclic) bond motifs is 1. The van der Waals surface area contributed by atoms with Gasteiger partial charge in [-0.1, -0.05) is 19.1 Å². The van der Waals surface area contributed by atoms with Crippen LogP contribution >= 0.6 is 0 Å². The zero-order valence-corrected chi connectivity index (χ0v) is 13.9. The summed E-state index contributed by atoms with van der Waals surface area (Å²) in [4.78, 5) is 17.6. The van der Waals surface area contributed by atoms with Crippen molar-refractivity contribution >= 4 is 11.6 Å². The summed E-state index contributed by atoms with van der Waals surface area (Å²) in [5.41, 5.74) is 1.61. The molecule has 1 amide bonds. The van der Waals surface area contributed by atoms with Crippen molar-refractivity contribution in [3.05, 3.63) is 29.8 Å². The van der Waals surface area contributed by atoms with E-state index in [-0.39, 0.29) is 11.6 Å². The fourth-order valence-corrected chi connectivity index (χ4v) is 3.78. The van der Waals surface area contributed by atoms with E-state index in [1.54, 1.807) is 0 Å². The first-order valence-corrected chi connectivity index (χ1v) is 8.50. The van der Waals surface area contributed by atoms with Crippen LogP contribution < -0.4 is 5.32 Å². The third-order valence-electron chi connectivity index (χ3n) is 5.09. The molecule has 0 saturated carbocycles. The average Bonchev–Trinajstić information content (AvgIpc) is 2.52. The third kappa shape index (κ3) is 2.50. The number of piperidine rings is 1. The first-order valence-electron chi connectivity index (χ1n) is 8.50. The molecule has 120 valence electrons. The van der Waals surface area contributed by atoms with E-state index in [0.29, 0.717) is 6.04 Å². The second kappa shape index (κ2) is 5.92. The Morgan fingerprint density at radius 2 is 1.91 bits per heavy atom. The normalized spacial score (nSPS) is 21.1. The number of hydrogen-bond donors (Lipinski definition) is 1. The van der Waals surface area contributed by atoms with Gasteiger partial charge in [0.25, 0.3) is 5.91 Å². The highest BCUT2D eigenvalue weighted by Crippen LogP contribution is 2.38. The van der Waals surface area contributed by atoms with Gasteiger partial charge in [0.2, 0.25) is 0 Å². The topological polar surface area (TPSA) is 35.6 Å². The van der Waals surface area contributed by atoms with Crippen LogP contribution in [0.1, 0.15) is 50.4 Å². The molecule has 4 heteroatoms. The molecule has 22 heavy (non-hydrogen) atoms. The van der Waals surface area contributed by atoms with Gasteiger partial charge in [0, 0.05) is 44.2 Å². The Labute approximate surface area is 133 Å². The molecule has 0 radical (unpaired) electrons. The molecule has 4 nitrogen and oxygen atoms in total. The molecule has 0 aliphatic carbocycles. The number of carbonyl (C=O) groups excluding carboxylic acids is 1. The van der Waals surface area contributed by atoms with E-state index in [9.17, 15) is 4.79 Å². The molecule has 1 N–H and O–H groups in total. The first kappa shape index (κ1) is 15.3. The number of benzene rings is 1. The molecule has 2 aliphatic heterocycles. The van der Waals surface area contributed by atoms with E-state index < -0.39 is 0 Å². The van der Waals surface area contributed by atoms with Crippen molar-refractivity contribution in [2.75, 3.05) is 25.0 Å². The number of carbonyl (C=O) groups is 1. The number of nitrogens with zero attached hydrogens (tertiary/aromatic N) is 2. The molecule has 0 atom stereocenters. The Morgan fingerprint density at radius 1 is 1.23 bits per heavy atom. The minimum Gasteiger partial charge on any atom is -0.362 e. The van der Waals surface area contributed by atoms with Gasteiger partial charge in [0.1, 0.15) is 5.66 Å². The summed E-state index contributed by atoms with van der Waals surface area (Å²) in [5.74, 6) is 0.189. The van der Waals surface area contributed by atoms with E-state index >= 15 is 0 Å². The summed E-state index contributed by atoms with van der Waals surface area (Å²) >= 11 is 0. The third-order valence-corrected chi connectivity index (χ3v) is 5.09. The van der Waals surface area contributed by atoms with E-state index in [1.807, 2.05) is 24.3 Å². The molecule has 1 aromatic carbocycles. The molecule has 2 aliphatic rings. The fraction of sp³-hybridized carbons (Fsp3) is 0.611. The molecule has 1 aromatic rings. The molecule has 1 saturated heterocycles. The van der Waals surface area contributed by atoms with Gasteiger partial charge >= 0.3 is 0 Å². The smallest absolute Gasteiger partial charge is 0.257 e. The van der Waals surface area contributed by atoms with Gasteiger partial charge in [-0.3, -0.25) is 4.79 Å². The van der Waals surface area contributed by atoms with Gasteiger partial charge in [-0.25, -0.2) is 0 Å². The van der Waals surface area contributed by atoms with Gasteiger partial charge in [-0.15, -0.1) is 0 Å². The minimum absolute atomic E-state index is 0.189. The SMILES string of the molecule is CCCN1C(=O)c2ccccc2NC12CCN(C(C)C)CC2. The lowest BCUT2D eigenvalue weighted by Gasteiger charge is -2.52. The van der Waals surface area contributed by atoms with Crippen molar-refractivity contribution in [1.82, 2.24) is 9.80 Å². The second-order valence-corrected chi connectivity index (χ2v) is 6.79. The van der Waals surface area contributed by atoms with Crippen LogP contribution in [0.25, 0.3) is 0 Å². The Kier molecular flexibility index (Phi) is 4.13. The summed E-state index contributed by atoms with van der Waals surface area (Å²) < 4.78 is 0. The first-order chi connectivity index (χ1) is 10.6. The van der Waals surface area contributed by atoms with Crippen LogP contribution in [0.2, 0.25) is 0 Å². The highest BCUT2D eigenvalue weighted by atomic mass is 16.2. The number of anilines is 1. The monoisotopic (exact) mass is 301 g/mol. The lowest BCUT2D eigenvalue weighted by atomic mass is 9.89. The van der Waals surface area contributed by atoms with Crippen LogP contribution in [0.3, 0.4) is 0 Å². The highest BCUT2D eigenvalue weighted by Gasteiger charge is 2.46. The van der Waals surface area contributed by atoms with Crippen LogP contribution in [0.5, 0.6) is 0 Å². The number of hydrogen-bond acceptors (Lipinski definition) is 3. The van der Waals surface area contributed by atoms with Crippen LogP contribution in [-0.2, 0) is 0 Å². The van der Waals surface area contributed by atoms with Crippen molar-refractivity contribution in [1.29, 1.82) is 0 Å². The molecule has 1 fully saturated rings. The Bertz CT molecular complexity index is 547. The van der Waals surface area contributed by atoms with E-state index in [0.717, 1.165) is 50.1 Å². The van der Waals surface area contributed by atoms with Gasteiger partial charge in [-0.05, 0) is 32.4 Å². The van der Waals surface area contributed by atoms with E-state index in [2.05, 4.69) is 35.9 Å². The number of amides is 1. The molecule has 0 bridgehead atoms. The predicted octanol–water partition coefficient (Wildman–Crippen LogP) is 3.16. The number of likely N-dealkylation sites (tertiary alicyclic amines) is 1. The van der Waals surface area contributed by atoms with E-state index in [4.69, 9.17) is 0 Å². The fourth-order valence-electron chi connectivity index (χ4n) is 3.78. The quantitative estimate of drug-likeness (QED) is 0.931. The van der Waals surface area contributed by atoms with Crippen molar-refractivity contribution < 1.29 is 4.79 Å². The summed E-state index contributed by atoms with van der Waals surface area (Å²) in [5, 5.41) is 3.72. The summed E-state index contributed by atoms with van der Waals surface area (Å²) in [6, 6.07) is 8.49. The summed E-state index contributed by atoms with van der Waals surface area (Å²) in [6.07, 6.45) is 2.97. The molecular formula is C18H27N3O. The maximum atomic E-state index is 13.0. The maximum absolute atomic E-state index is 13.0. The van der Waals surface area contributed by atoms with Crippen LogP contribution in [0, 0.1) is 0 Å². The number of para-hydroxylation sites is 1. The molecule has 0 aromatic heterocycles. The largest absolute Gasteiger partial charge is 0.362 e. The van der Waals surface area contributed by atoms with Crippen LogP contribution in [0.15, 0.2) is 24.3 Å². The number of nitrogens with one attached hydrogen (secondary N) is 1. The predicted molar refractivity (Wildman–Crippen MR) is 90.1 cm³/mol. The van der Waals surface area contributed by atoms with Gasteiger partial charge in [0.05, 0.1) is 5.56 Å². The summed E-state index contributed by atoms with van der Waals surface area (Å²) in [7, 11) is 0. The number of rotatable bonds is 3. The molecule has 2 heterocycles. The van der Waals surface area contributed by atoms with E-state index in [1.165, 1.54) is 0 Å². The van der Waals surface area contributed by atoms with Gasteiger partial charge in [0.15, 0.2) is 0 Å². The van der Waals surface area contributed by atoms with Crippen molar-refractivity contribution in [3.63, 3.8) is 0 Å². The molecule has 3 rings (SSSR count). The minimum atomic E-state index is -0.202. The van der Waals surface area contributed by atoms with Crippen molar-refractivity contribution in [2.45, 2.75) is 51.7 Å². The highest BCUT2D eigenvalue weighted by molar-refractivity contribution is 6.02. The molecule has 0 unspecified atom stereocenters. The standard InChI is InChI=1S/C18H27N3O/c1-4-11-21-17(22)15-7-5-6-8-16(15)19-18(21)9-12-20(13-10-18)14(2)3/h5-8,14,19H,4,9-13H2,1-3H3. The zero-order chi connectivity index (χ0) is 15.7. The van der Waals surface area contributed by atoms with Gasteiger partial charge < -0.3 is 15.1 Å². The lowest BCUT2D eigenvalue weighted by Crippen LogP contribution is -2.64. The average molecular weight is 301 g/mol. The maximum Gasteiger partial charge on any atom is 0.257 e. The zero-order valence-electron chi connectivity index (χ0n) is 13.9.